The van der Waals surface area contributed by atoms with E-state index in [9.17, 15) is 14.7 Å². The number of hydrogen-bond acceptors (Lipinski definition) is 7. The summed E-state index contributed by atoms with van der Waals surface area (Å²) in [4.78, 5) is 43.0. The van der Waals surface area contributed by atoms with Crippen molar-refractivity contribution in [3.63, 3.8) is 0 Å². The van der Waals surface area contributed by atoms with Gasteiger partial charge in [-0.25, -0.2) is 15.4 Å². The molecule has 198 valence electrons. The molecule has 4 atom stereocenters. The van der Waals surface area contributed by atoms with E-state index in [2.05, 4.69) is 15.4 Å². The zero-order chi connectivity index (χ0) is 26.8. The van der Waals surface area contributed by atoms with Crippen LogP contribution in [0.25, 0.3) is 0 Å². The molecular weight excluding hydrogens is 529 g/mol. The van der Waals surface area contributed by atoms with Gasteiger partial charge >= 0.3 is 0 Å². The maximum absolute atomic E-state index is 14.0. The van der Waals surface area contributed by atoms with Gasteiger partial charge in [0.25, 0.3) is 11.8 Å². The highest BCUT2D eigenvalue weighted by Crippen LogP contribution is 2.47. The summed E-state index contributed by atoms with van der Waals surface area (Å²) in [7, 11) is 0. The highest BCUT2D eigenvalue weighted by Gasteiger charge is 2.48. The molecule has 0 saturated heterocycles. The van der Waals surface area contributed by atoms with E-state index in [0.29, 0.717) is 26.7 Å². The van der Waals surface area contributed by atoms with Crippen LogP contribution in [0.2, 0.25) is 10.0 Å². The van der Waals surface area contributed by atoms with Crippen LogP contribution in [-0.2, 0) is 16.2 Å². The molecule has 1 aromatic heterocycles. The number of benzene rings is 2. The second kappa shape index (κ2) is 11.2. The van der Waals surface area contributed by atoms with Crippen molar-refractivity contribution in [3.8, 4) is 5.75 Å². The molecule has 3 aromatic rings. The molecule has 2 aliphatic rings. The fourth-order valence-electron chi connectivity index (χ4n) is 5.41. The molecule has 2 heterocycles. The first-order valence-corrected chi connectivity index (χ1v) is 13.1. The number of amides is 2. The Bertz CT molecular complexity index is 1340. The molecule has 0 radical (unpaired) electrons. The number of aromatic hydroxyl groups is 1. The predicted molar refractivity (Wildman–Crippen MR) is 141 cm³/mol. The summed E-state index contributed by atoms with van der Waals surface area (Å²) in [5.41, 5.74) is 10.7. The first-order valence-electron chi connectivity index (χ1n) is 12.4. The average Bonchev–Trinajstić information content (AvgIpc) is 2.90. The van der Waals surface area contributed by atoms with Crippen LogP contribution in [0.1, 0.15) is 65.0 Å². The van der Waals surface area contributed by atoms with Gasteiger partial charge in [-0.05, 0) is 42.2 Å². The van der Waals surface area contributed by atoms with Crippen molar-refractivity contribution in [2.45, 2.75) is 56.3 Å². The first kappa shape index (κ1) is 26.4. The Hall–Kier alpha value is -3.24. The fraction of sp³-hybridized carbons (Fsp3) is 0.333. The summed E-state index contributed by atoms with van der Waals surface area (Å²) in [6.45, 7) is -0.122. The number of nitrogens with zero attached hydrogens (tertiary/aromatic N) is 3. The largest absolute Gasteiger partial charge is 0.505 e. The molecule has 1 saturated carbocycles. The van der Waals surface area contributed by atoms with E-state index >= 15 is 0 Å². The number of nitrogens with one attached hydrogen (secondary N) is 1. The molecular formula is C27H27Cl2N5O4. The maximum atomic E-state index is 14.0. The van der Waals surface area contributed by atoms with E-state index < -0.39 is 17.9 Å². The van der Waals surface area contributed by atoms with Crippen molar-refractivity contribution in [3.05, 3.63) is 87.4 Å². The number of halogens is 2. The fourth-order valence-corrected chi connectivity index (χ4v) is 5.93. The quantitative estimate of drug-likeness (QED) is 0.386. The molecule has 1 aliphatic heterocycles. The van der Waals surface area contributed by atoms with Crippen molar-refractivity contribution in [2.24, 2.45) is 5.73 Å². The number of hydroxylamine groups is 1. The van der Waals surface area contributed by atoms with Crippen LogP contribution >= 0.6 is 23.2 Å². The SMILES string of the molecule is N[C@H]1CCCC[C@@H]1N1C(=O)c2ccccc2[C@@H](C(=O)NOCc2ncc(O)cn2)[C@@H]1c1ccc(Cl)cc1Cl. The Balaban J connectivity index is 1.55. The molecule has 2 aromatic carbocycles. The third-order valence-corrected chi connectivity index (χ3v) is 7.71. The number of nitrogens with two attached hydrogens (primary N) is 1. The third kappa shape index (κ3) is 5.19. The lowest BCUT2D eigenvalue weighted by atomic mass is 9.76. The van der Waals surface area contributed by atoms with Crippen LogP contribution in [0.15, 0.2) is 54.9 Å². The van der Waals surface area contributed by atoms with Crippen molar-refractivity contribution < 1.29 is 19.5 Å². The Morgan fingerprint density at radius 3 is 2.58 bits per heavy atom. The van der Waals surface area contributed by atoms with Crippen molar-refractivity contribution in [1.82, 2.24) is 20.3 Å². The summed E-state index contributed by atoms with van der Waals surface area (Å²) >= 11 is 12.9. The first-order chi connectivity index (χ1) is 18.3. The lowest BCUT2D eigenvalue weighted by Crippen LogP contribution is -2.57. The number of carbonyl (C=O) groups is 2. The number of hydrogen-bond donors (Lipinski definition) is 3. The summed E-state index contributed by atoms with van der Waals surface area (Å²) < 4.78 is 0. The number of rotatable bonds is 6. The van der Waals surface area contributed by atoms with Gasteiger partial charge in [0.05, 0.1) is 24.4 Å². The molecule has 9 nitrogen and oxygen atoms in total. The smallest absolute Gasteiger partial charge is 0.255 e. The standard InChI is InChI=1S/C27H27Cl2N5O4/c28-15-9-10-19(20(29)11-15)25-24(26(36)33-38-14-23-31-12-16(35)13-32-23)17-5-1-2-6-18(17)27(37)34(25)22-8-4-3-7-21(22)30/h1-2,5-6,9-13,21-22,24-25,35H,3-4,7-8,14,30H2,(H,33,36)/t21-,22-,24+,25-/m0/s1. The lowest BCUT2D eigenvalue weighted by Gasteiger charge is -2.48. The predicted octanol–water partition coefficient (Wildman–Crippen LogP) is 4.29. The van der Waals surface area contributed by atoms with Crippen molar-refractivity contribution >= 4 is 35.0 Å². The van der Waals surface area contributed by atoms with Gasteiger partial charge in [0.15, 0.2) is 11.6 Å². The van der Waals surface area contributed by atoms with Crippen molar-refractivity contribution in [2.75, 3.05) is 0 Å². The molecule has 5 rings (SSSR count). The molecule has 38 heavy (non-hydrogen) atoms. The Morgan fingerprint density at radius 2 is 1.84 bits per heavy atom. The van der Waals surface area contributed by atoms with Gasteiger partial charge in [0.1, 0.15) is 6.61 Å². The van der Waals surface area contributed by atoms with E-state index in [-0.39, 0.29) is 36.2 Å². The molecule has 0 bridgehead atoms. The van der Waals surface area contributed by atoms with E-state index in [1.165, 1.54) is 12.4 Å². The van der Waals surface area contributed by atoms with Gasteiger partial charge < -0.3 is 15.7 Å². The minimum absolute atomic E-state index is 0.0787. The van der Waals surface area contributed by atoms with Gasteiger partial charge in [0, 0.05) is 27.7 Å². The summed E-state index contributed by atoms with van der Waals surface area (Å²) in [5.74, 6) is -1.31. The van der Waals surface area contributed by atoms with Crippen LogP contribution in [0.5, 0.6) is 5.75 Å². The van der Waals surface area contributed by atoms with Crippen LogP contribution in [0, 0.1) is 0 Å². The average molecular weight is 556 g/mol. The third-order valence-electron chi connectivity index (χ3n) is 7.14. The minimum Gasteiger partial charge on any atom is -0.505 e. The Kier molecular flexibility index (Phi) is 7.80. The normalized spacial score (nSPS) is 23.1. The van der Waals surface area contributed by atoms with Gasteiger partial charge in [0.2, 0.25) is 0 Å². The van der Waals surface area contributed by atoms with Gasteiger partial charge in [-0.1, -0.05) is 60.3 Å². The van der Waals surface area contributed by atoms with Crippen LogP contribution in [-0.4, -0.2) is 43.9 Å². The van der Waals surface area contributed by atoms with Crippen LogP contribution in [0.4, 0.5) is 0 Å². The zero-order valence-corrected chi connectivity index (χ0v) is 21.9. The lowest BCUT2D eigenvalue weighted by molar-refractivity contribution is -0.138. The second-order valence-electron chi connectivity index (χ2n) is 9.52. The number of aromatic nitrogens is 2. The second-order valence-corrected chi connectivity index (χ2v) is 10.4. The van der Waals surface area contributed by atoms with Crippen LogP contribution in [0.3, 0.4) is 0 Å². The van der Waals surface area contributed by atoms with E-state index in [4.69, 9.17) is 33.8 Å². The molecule has 0 unspecified atom stereocenters. The molecule has 2 amide bonds. The van der Waals surface area contributed by atoms with Crippen LogP contribution < -0.4 is 11.2 Å². The molecule has 4 N–H and O–H groups in total. The Labute approximate surface area is 229 Å². The maximum Gasteiger partial charge on any atom is 0.255 e. The number of fused-ring (bicyclic) bond motifs is 1. The summed E-state index contributed by atoms with van der Waals surface area (Å²) in [5, 5.41) is 10.2. The topological polar surface area (TPSA) is 131 Å². The van der Waals surface area contributed by atoms with E-state index in [1.807, 2.05) is 0 Å². The van der Waals surface area contributed by atoms with Gasteiger partial charge in [-0.2, -0.15) is 0 Å². The highest BCUT2D eigenvalue weighted by atomic mass is 35.5. The van der Waals surface area contributed by atoms with Gasteiger partial charge in [-0.3, -0.25) is 14.4 Å². The number of carbonyl (C=O) groups excluding carboxylic acids is 2. The molecule has 1 fully saturated rings. The van der Waals surface area contributed by atoms with E-state index in [1.54, 1.807) is 47.4 Å². The summed E-state index contributed by atoms with van der Waals surface area (Å²) in [6.07, 6.45) is 5.89. The molecule has 11 heteroatoms. The van der Waals surface area contributed by atoms with E-state index in [0.717, 1.165) is 25.7 Å². The summed E-state index contributed by atoms with van der Waals surface area (Å²) in [6, 6.07) is 10.9. The molecule has 0 spiro atoms. The minimum atomic E-state index is -0.850. The molecule has 1 aliphatic carbocycles. The highest BCUT2D eigenvalue weighted by molar-refractivity contribution is 6.35. The van der Waals surface area contributed by atoms with Gasteiger partial charge in [-0.15, -0.1) is 0 Å². The monoisotopic (exact) mass is 555 g/mol. The Morgan fingerprint density at radius 1 is 1.11 bits per heavy atom. The van der Waals surface area contributed by atoms with Crippen molar-refractivity contribution in [1.29, 1.82) is 0 Å². The zero-order valence-electron chi connectivity index (χ0n) is 20.4.